The van der Waals surface area contributed by atoms with Crippen molar-refractivity contribution in [3.63, 3.8) is 0 Å². The van der Waals surface area contributed by atoms with Gasteiger partial charge >= 0.3 is 301 Å². The maximum atomic E-state index is 2.61. The van der Waals surface area contributed by atoms with Gasteiger partial charge in [-0.1, -0.05) is 0 Å². The van der Waals surface area contributed by atoms with Gasteiger partial charge in [0.1, 0.15) is 0 Å². The monoisotopic (exact) mass is 780 g/mol. The van der Waals surface area contributed by atoms with Gasteiger partial charge in [-0.3, -0.25) is 0 Å². The first-order chi connectivity index (χ1) is 23.0. The minimum absolute atomic E-state index is 0. The number of hydrogen-bond donors (Lipinski definition) is 0. The quantitative estimate of drug-likeness (QED) is 0.167. The van der Waals surface area contributed by atoms with Crippen molar-refractivity contribution in [2.45, 2.75) is 115 Å². The maximum Gasteiger partial charge on any atom is -1.00 e. The summed E-state index contributed by atoms with van der Waals surface area (Å²) in [6, 6.07) is 34.5. The number of benzene rings is 4. The molecule has 2 aliphatic rings. The van der Waals surface area contributed by atoms with E-state index in [9.17, 15) is 0 Å². The molecule has 6 rings (SSSR count). The van der Waals surface area contributed by atoms with Gasteiger partial charge in [-0.05, 0) is 0 Å². The SMILES string of the molecule is CCCCc1ccc([C](c2ccc(CCCC)cc2)=[Zr+2]([C]2=CC=CC2)[CH]2c3cc(C(C)(C)C)ccc3-c3ccc(C(C)(C)C)cc32)cc1.[Cl-].[Cl-]. The Morgan fingerprint density at radius 2 is 1.06 bits per heavy atom. The van der Waals surface area contributed by atoms with Gasteiger partial charge < -0.3 is 24.8 Å². The van der Waals surface area contributed by atoms with Crippen molar-refractivity contribution < 1.29 is 46.1 Å². The van der Waals surface area contributed by atoms with Crippen LogP contribution in [-0.4, -0.2) is 3.21 Å². The Morgan fingerprint density at radius 3 is 1.42 bits per heavy atom. The van der Waals surface area contributed by atoms with Gasteiger partial charge in [0.25, 0.3) is 0 Å². The molecule has 0 unspecified atom stereocenters. The summed E-state index contributed by atoms with van der Waals surface area (Å²) >= 11 is -2.76. The zero-order valence-electron chi connectivity index (χ0n) is 31.6. The molecule has 0 amide bonds. The van der Waals surface area contributed by atoms with Crippen LogP contribution in [0, 0.1) is 0 Å². The summed E-state index contributed by atoms with van der Waals surface area (Å²) in [6.45, 7) is 18.8. The topological polar surface area (TPSA) is 0 Å². The fourth-order valence-electron chi connectivity index (χ4n) is 7.56. The van der Waals surface area contributed by atoms with Crippen LogP contribution in [-0.2, 0) is 44.9 Å². The molecule has 0 N–H and O–H groups in total. The predicted molar refractivity (Wildman–Crippen MR) is 206 cm³/mol. The molecule has 3 heteroatoms. The van der Waals surface area contributed by atoms with Crippen molar-refractivity contribution in [2.75, 3.05) is 0 Å². The van der Waals surface area contributed by atoms with Crippen LogP contribution >= 0.6 is 0 Å². The fourth-order valence-corrected chi connectivity index (χ4v) is 16.5. The predicted octanol–water partition coefficient (Wildman–Crippen LogP) is 6.78. The summed E-state index contributed by atoms with van der Waals surface area (Å²) in [4.78, 5) is 0. The molecular formula is C47H56Cl2Zr. The van der Waals surface area contributed by atoms with Crippen molar-refractivity contribution in [1.82, 2.24) is 0 Å². The van der Waals surface area contributed by atoms with Crippen molar-refractivity contribution in [3.05, 3.63) is 151 Å². The van der Waals surface area contributed by atoms with Crippen molar-refractivity contribution in [1.29, 1.82) is 0 Å². The van der Waals surface area contributed by atoms with Gasteiger partial charge in [0.05, 0.1) is 0 Å². The maximum absolute atomic E-state index is 2.76. The van der Waals surface area contributed by atoms with Crippen LogP contribution in [0.1, 0.15) is 136 Å². The number of fused-ring (bicyclic) bond motifs is 3. The molecule has 0 heterocycles. The summed E-state index contributed by atoms with van der Waals surface area (Å²) in [6.07, 6.45) is 15.6. The third kappa shape index (κ3) is 8.65. The third-order valence-corrected chi connectivity index (χ3v) is 18.8. The van der Waals surface area contributed by atoms with Gasteiger partial charge in [-0.15, -0.1) is 0 Å². The average Bonchev–Trinajstić information content (AvgIpc) is 3.71. The molecule has 4 aromatic rings. The van der Waals surface area contributed by atoms with Crippen LogP contribution in [0.25, 0.3) is 11.1 Å². The molecule has 0 fully saturated rings. The smallest absolute Gasteiger partial charge is 1.00 e. The van der Waals surface area contributed by atoms with E-state index in [1.54, 1.807) is 17.6 Å². The molecule has 0 saturated heterocycles. The first-order valence-corrected chi connectivity index (χ1v) is 22.5. The summed E-state index contributed by atoms with van der Waals surface area (Å²) in [5, 5.41) is 0. The Kier molecular flexibility index (Phi) is 13.8. The number of aryl methyl sites for hydroxylation is 2. The first-order valence-electron chi connectivity index (χ1n) is 18.6. The molecule has 0 saturated carbocycles. The number of allylic oxidation sites excluding steroid dienone is 4. The van der Waals surface area contributed by atoms with Crippen LogP contribution in [0.3, 0.4) is 0 Å². The second-order valence-corrected chi connectivity index (χ2v) is 22.5. The molecule has 2 aliphatic carbocycles. The van der Waals surface area contributed by atoms with Gasteiger partial charge in [-0.25, -0.2) is 0 Å². The Morgan fingerprint density at radius 1 is 0.620 bits per heavy atom. The number of hydrogen-bond acceptors (Lipinski definition) is 0. The van der Waals surface area contributed by atoms with E-state index >= 15 is 0 Å². The average molecular weight is 783 g/mol. The molecule has 0 aliphatic heterocycles. The summed E-state index contributed by atoms with van der Waals surface area (Å²) in [7, 11) is 0. The van der Waals surface area contributed by atoms with Crippen molar-refractivity contribution >= 4 is 3.21 Å². The molecule has 0 bridgehead atoms. The molecular weight excluding hydrogens is 727 g/mol. The summed E-state index contributed by atoms with van der Waals surface area (Å²) in [5.74, 6) is 0. The Labute approximate surface area is 323 Å². The van der Waals surface area contributed by atoms with E-state index < -0.39 is 21.3 Å². The van der Waals surface area contributed by atoms with E-state index in [-0.39, 0.29) is 35.6 Å². The minimum Gasteiger partial charge on any atom is -1.00 e. The molecule has 0 atom stereocenters. The van der Waals surface area contributed by atoms with Crippen molar-refractivity contribution in [2.24, 2.45) is 0 Å². The van der Waals surface area contributed by atoms with Crippen molar-refractivity contribution in [3.8, 4) is 11.1 Å². The fraction of sp³-hybridized carbons (Fsp3) is 0.383. The molecule has 0 radical (unpaired) electrons. The van der Waals surface area contributed by atoms with E-state index in [0.717, 1.165) is 19.3 Å². The number of rotatable bonds is 10. The van der Waals surface area contributed by atoms with Crippen LogP contribution in [0.2, 0.25) is 0 Å². The molecule has 0 nitrogen and oxygen atoms in total. The number of halogens is 2. The molecule has 262 valence electrons. The van der Waals surface area contributed by atoms with Crippen LogP contribution < -0.4 is 24.8 Å². The molecule has 50 heavy (non-hydrogen) atoms. The summed E-state index contributed by atoms with van der Waals surface area (Å²) in [5.41, 5.74) is 14.9. The van der Waals surface area contributed by atoms with E-state index in [2.05, 4.69) is 159 Å². The molecule has 0 aromatic heterocycles. The van der Waals surface area contributed by atoms with Crippen LogP contribution in [0.15, 0.2) is 106 Å². The zero-order valence-corrected chi connectivity index (χ0v) is 35.6. The van der Waals surface area contributed by atoms with Crippen LogP contribution in [0.5, 0.6) is 0 Å². The Bertz CT molecular complexity index is 1740. The standard InChI is InChI=1S/C21H25.C21H26.C5H5.2ClH.Zr/c1-20(2,3)16-7-9-18-14(12-16)11-15-13-17(21(4,5)6)8-10-19(15)18;1-3-5-7-18-9-13-20(14-10-18)17-21-15-11-19(12-16-21)8-6-4-2;1-2-4-5-3-1;;;/h7-13H,1-6H3;9-16H,3-8H2,1-2H3;1-3H,4H2;2*1H;/q;;;;;+2/p-2. The van der Waals surface area contributed by atoms with Gasteiger partial charge in [0.15, 0.2) is 0 Å². The Hall–Kier alpha value is -2.31. The van der Waals surface area contributed by atoms with E-state index in [1.165, 1.54) is 70.2 Å². The normalized spacial score (nSPS) is 13.5. The van der Waals surface area contributed by atoms with Gasteiger partial charge in [0.2, 0.25) is 0 Å². The van der Waals surface area contributed by atoms with E-state index in [0.29, 0.717) is 3.63 Å². The Balaban J connectivity index is 0.00000281. The molecule has 0 spiro atoms. The largest absolute Gasteiger partial charge is 1.00 e. The second kappa shape index (κ2) is 17.0. The minimum atomic E-state index is -2.76. The van der Waals surface area contributed by atoms with Gasteiger partial charge in [-0.2, -0.15) is 0 Å². The van der Waals surface area contributed by atoms with Crippen LogP contribution in [0.4, 0.5) is 0 Å². The first kappa shape index (κ1) is 40.5. The second-order valence-electron chi connectivity index (χ2n) is 16.3. The molecule has 4 aromatic carbocycles. The third-order valence-electron chi connectivity index (χ3n) is 10.5. The van der Waals surface area contributed by atoms with E-state index in [1.807, 2.05) is 0 Å². The summed E-state index contributed by atoms with van der Waals surface area (Å²) < 4.78 is 3.79. The van der Waals surface area contributed by atoms with Gasteiger partial charge in [0, 0.05) is 0 Å². The number of unbranched alkanes of at least 4 members (excludes halogenated alkanes) is 2. The van der Waals surface area contributed by atoms with E-state index in [4.69, 9.17) is 0 Å². The zero-order chi connectivity index (χ0) is 34.1.